The normalized spacial score (nSPS) is 15.0. The topological polar surface area (TPSA) is 105 Å². The largest absolute Gasteiger partial charge is 0.459 e. The lowest BCUT2D eigenvalue weighted by Crippen LogP contribution is -2.43. The Morgan fingerprint density at radius 2 is 2.08 bits per heavy atom. The van der Waals surface area contributed by atoms with Gasteiger partial charge in [-0.2, -0.15) is 0 Å². The van der Waals surface area contributed by atoms with Gasteiger partial charge in [0.15, 0.2) is 10.9 Å². The monoisotopic (exact) mass is 363 g/mol. The number of anilines is 1. The maximum absolute atomic E-state index is 12.3. The summed E-state index contributed by atoms with van der Waals surface area (Å²) < 4.78 is 5.16. The smallest absolute Gasteiger partial charge is 0.317 e. The molecule has 0 aliphatic carbocycles. The van der Waals surface area contributed by atoms with Crippen molar-refractivity contribution >= 4 is 28.4 Å². The summed E-state index contributed by atoms with van der Waals surface area (Å²) in [6, 6.07) is 3.24. The maximum Gasteiger partial charge on any atom is 0.317 e. The van der Waals surface area contributed by atoms with Crippen LogP contribution < -0.4 is 11.1 Å². The van der Waals surface area contributed by atoms with E-state index < -0.39 is 0 Å². The van der Waals surface area contributed by atoms with Gasteiger partial charge < -0.3 is 25.3 Å². The summed E-state index contributed by atoms with van der Waals surface area (Å²) in [5.74, 6) is 0.203. The molecule has 0 bridgehead atoms. The fourth-order valence-electron chi connectivity index (χ4n) is 2.73. The van der Waals surface area contributed by atoms with Crippen molar-refractivity contribution in [3.8, 4) is 0 Å². The summed E-state index contributed by atoms with van der Waals surface area (Å²) >= 11 is 1.39. The number of nitrogens with zero attached hydrogens (tertiary/aromatic N) is 3. The van der Waals surface area contributed by atoms with Gasteiger partial charge in [-0.1, -0.05) is 0 Å². The summed E-state index contributed by atoms with van der Waals surface area (Å²) in [5, 5.41) is 5.33. The molecule has 8 nitrogen and oxygen atoms in total. The Morgan fingerprint density at radius 3 is 2.80 bits per heavy atom. The molecule has 0 saturated carbocycles. The summed E-state index contributed by atoms with van der Waals surface area (Å²) in [6.45, 7) is 2.74. The molecule has 3 N–H and O–H groups in total. The van der Waals surface area contributed by atoms with Crippen molar-refractivity contribution in [3.63, 3.8) is 0 Å². The van der Waals surface area contributed by atoms with Crippen molar-refractivity contribution in [2.24, 2.45) is 0 Å². The Bertz CT molecular complexity index is 715. The molecule has 0 unspecified atom stereocenters. The number of rotatable bonds is 4. The zero-order valence-electron chi connectivity index (χ0n) is 13.8. The highest BCUT2D eigenvalue weighted by Gasteiger charge is 2.23. The van der Waals surface area contributed by atoms with E-state index in [1.807, 2.05) is 5.38 Å². The van der Waals surface area contributed by atoms with E-state index >= 15 is 0 Å². The van der Waals surface area contributed by atoms with Crippen LogP contribution >= 0.6 is 11.3 Å². The number of urea groups is 1. The van der Waals surface area contributed by atoms with E-state index in [1.165, 1.54) is 17.6 Å². The van der Waals surface area contributed by atoms with Crippen molar-refractivity contribution in [3.05, 3.63) is 35.2 Å². The molecule has 25 heavy (non-hydrogen) atoms. The molecule has 1 aliphatic heterocycles. The molecule has 0 aromatic carbocycles. The van der Waals surface area contributed by atoms with E-state index in [0.717, 1.165) is 12.1 Å². The molecule has 0 atom stereocenters. The van der Waals surface area contributed by atoms with Crippen molar-refractivity contribution in [1.82, 2.24) is 20.1 Å². The minimum atomic E-state index is -0.131. The van der Waals surface area contributed by atoms with Crippen LogP contribution in [0.5, 0.6) is 0 Å². The molecule has 2 aromatic rings. The van der Waals surface area contributed by atoms with Gasteiger partial charge in [-0.15, -0.1) is 11.3 Å². The lowest BCUT2D eigenvalue weighted by Gasteiger charge is -2.22. The van der Waals surface area contributed by atoms with E-state index in [9.17, 15) is 9.59 Å². The molecule has 9 heteroatoms. The number of nitrogens with one attached hydrogen (secondary N) is 1. The average Bonchev–Trinajstić information content (AvgIpc) is 3.21. The highest BCUT2D eigenvalue weighted by atomic mass is 32.1. The number of furan rings is 1. The number of amides is 3. The van der Waals surface area contributed by atoms with Crippen LogP contribution in [0.2, 0.25) is 0 Å². The summed E-state index contributed by atoms with van der Waals surface area (Å²) in [6.07, 6.45) is 2.87. The second-order valence-corrected chi connectivity index (χ2v) is 6.66. The zero-order valence-corrected chi connectivity index (χ0v) is 14.6. The van der Waals surface area contributed by atoms with Gasteiger partial charge in [-0.25, -0.2) is 9.78 Å². The maximum atomic E-state index is 12.3. The minimum Gasteiger partial charge on any atom is -0.459 e. The number of aromatic nitrogens is 1. The van der Waals surface area contributed by atoms with E-state index in [2.05, 4.69) is 10.3 Å². The highest BCUT2D eigenvalue weighted by Crippen LogP contribution is 2.12. The Balaban J connectivity index is 1.45. The number of nitrogens with two attached hydrogens (primary N) is 1. The van der Waals surface area contributed by atoms with E-state index in [4.69, 9.17) is 10.2 Å². The molecule has 1 aliphatic rings. The van der Waals surface area contributed by atoms with Gasteiger partial charge in [-0.05, 0) is 18.6 Å². The SMILES string of the molecule is Nc1nc(CCNC(=O)N2CCCN(C(=O)c3ccco3)CC2)cs1. The van der Waals surface area contributed by atoms with E-state index in [0.29, 0.717) is 50.0 Å². The van der Waals surface area contributed by atoms with Crippen molar-refractivity contribution < 1.29 is 14.0 Å². The standard InChI is InChI=1S/C16H21N5O3S/c17-15-19-12(11-25-15)4-5-18-16(23)21-7-2-6-20(8-9-21)14(22)13-3-1-10-24-13/h1,3,10-11H,2,4-9H2,(H2,17,19)(H,18,23). The molecule has 0 spiro atoms. The van der Waals surface area contributed by atoms with Gasteiger partial charge in [0.05, 0.1) is 12.0 Å². The predicted molar refractivity (Wildman–Crippen MR) is 94.4 cm³/mol. The van der Waals surface area contributed by atoms with Gasteiger partial charge in [0.25, 0.3) is 5.91 Å². The average molecular weight is 363 g/mol. The van der Waals surface area contributed by atoms with Crippen LogP contribution in [0, 0.1) is 0 Å². The van der Waals surface area contributed by atoms with Gasteiger partial charge in [-0.3, -0.25) is 4.79 Å². The molecular formula is C16H21N5O3S. The Labute approximate surface area is 149 Å². The first-order chi connectivity index (χ1) is 12.1. The zero-order chi connectivity index (χ0) is 17.6. The molecule has 1 saturated heterocycles. The number of carbonyl (C=O) groups excluding carboxylic acids is 2. The first-order valence-electron chi connectivity index (χ1n) is 8.19. The highest BCUT2D eigenvalue weighted by molar-refractivity contribution is 7.13. The molecule has 134 valence electrons. The number of nitrogen functional groups attached to an aromatic ring is 1. The lowest BCUT2D eigenvalue weighted by molar-refractivity contribution is 0.0730. The number of hydrogen-bond donors (Lipinski definition) is 2. The Morgan fingerprint density at radius 1 is 1.28 bits per heavy atom. The van der Waals surface area contributed by atoms with Gasteiger partial charge in [0.1, 0.15) is 0 Å². The Hall–Kier alpha value is -2.55. The van der Waals surface area contributed by atoms with Crippen LogP contribution in [-0.2, 0) is 6.42 Å². The lowest BCUT2D eigenvalue weighted by atomic mass is 10.3. The Kier molecular flexibility index (Phi) is 5.54. The third-order valence-electron chi connectivity index (χ3n) is 4.03. The first-order valence-corrected chi connectivity index (χ1v) is 9.07. The predicted octanol–water partition coefficient (Wildman–Crippen LogP) is 1.42. The fourth-order valence-corrected chi connectivity index (χ4v) is 3.32. The van der Waals surface area contributed by atoms with Crippen LogP contribution in [-0.4, -0.2) is 59.4 Å². The second kappa shape index (κ2) is 8.02. The molecule has 2 aromatic heterocycles. The number of carbonyl (C=O) groups is 2. The summed E-state index contributed by atoms with van der Waals surface area (Å²) in [5.41, 5.74) is 6.47. The van der Waals surface area contributed by atoms with Crippen LogP contribution in [0.4, 0.5) is 9.93 Å². The van der Waals surface area contributed by atoms with Gasteiger partial charge in [0.2, 0.25) is 0 Å². The van der Waals surface area contributed by atoms with Gasteiger partial charge >= 0.3 is 6.03 Å². The summed E-state index contributed by atoms with van der Waals surface area (Å²) in [7, 11) is 0. The minimum absolute atomic E-state index is 0.115. The summed E-state index contributed by atoms with van der Waals surface area (Å²) in [4.78, 5) is 32.3. The molecule has 3 heterocycles. The molecule has 1 fully saturated rings. The molecular weight excluding hydrogens is 342 g/mol. The van der Waals surface area contributed by atoms with Crippen molar-refractivity contribution in [2.45, 2.75) is 12.8 Å². The quantitative estimate of drug-likeness (QED) is 0.855. The molecule has 3 amide bonds. The first kappa shape index (κ1) is 17.3. The third kappa shape index (κ3) is 4.50. The number of thiazole rings is 1. The van der Waals surface area contributed by atoms with E-state index in [1.54, 1.807) is 21.9 Å². The van der Waals surface area contributed by atoms with Crippen molar-refractivity contribution in [2.75, 3.05) is 38.5 Å². The van der Waals surface area contributed by atoms with Crippen molar-refractivity contribution in [1.29, 1.82) is 0 Å². The van der Waals surface area contributed by atoms with Gasteiger partial charge in [0, 0.05) is 44.5 Å². The molecule has 0 radical (unpaired) electrons. The second-order valence-electron chi connectivity index (χ2n) is 5.77. The van der Waals surface area contributed by atoms with Crippen LogP contribution in [0.25, 0.3) is 0 Å². The fraction of sp³-hybridized carbons (Fsp3) is 0.438. The van der Waals surface area contributed by atoms with Crippen LogP contribution in [0.15, 0.2) is 28.2 Å². The van der Waals surface area contributed by atoms with Crippen LogP contribution in [0.3, 0.4) is 0 Å². The van der Waals surface area contributed by atoms with E-state index in [-0.39, 0.29) is 11.9 Å². The molecule has 3 rings (SSSR count). The van der Waals surface area contributed by atoms with Crippen LogP contribution in [0.1, 0.15) is 22.7 Å². The third-order valence-corrected chi connectivity index (χ3v) is 4.75. The number of hydrogen-bond acceptors (Lipinski definition) is 6.